The van der Waals surface area contributed by atoms with Gasteiger partial charge in [-0.25, -0.2) is 4.39 Å². The summed E-state index contributed by atoms with van der Waals surface area (Å²) < 4.78 is 24.1. The van der Waals surface area contributed by atoms with Crippen molar-refractivity contribution >= 4 is 23.5 Å². The summed E-state index contributed by atoms with van der Waals surface area (Å²) in [6.07, 6.45) is 6.36. The first-order valence-electron chi connectivity index (χ1n) is 17.2. The minimum atomic E-state index is -1.22. The quantitative estimate of drug-likeness (QED) is 0.243. The minimum absolute atomic E-state index is 0.0356. The van der Waals surface area contributed by atoms with Crippen molar-refractivity contribution in [1.82, 2.24) is 5.32 Å². The van der Waals surface area contributed by atoms with Crippen molar-refractivity contribution < 1.29 is 18.7 Å². The molecule has 1 aliphatic heterocycles. The van der Waals surface area contributed by atoms with Crippen molar-refractivity contribution in [2.75, 3.05) is 6.54 Å². The van der Waals surface area contributed by atoms with Crippen molar-refractivity contribution in [3.05, 3.63) is 47.0 Å². The molecular formula is C38H53ClFNO3. The van der Waals surface area contributed by atoms with Crippen LogP contribution < -0.4 is 5.32 Å². The maximum Gasteiger partial charge on any atom is 0.313 e. The Bertz CT molecular complexity index is 1350. The highest BCUT2D eigenvalue weighted by molar-refractivity contribution is 6.30. The molecule has 1 saturated heterocycles. The van der Waals surface area contributed by atoms with Gasteiger partial charge in [0.1, 0.15) is 6.17 Å². The molecule has 1 aromatic carbocycles. The lowest BCUT2D eigenvalue weighted by atomic mass is 9.31. The first-order valence-corrected chi connectivity index (χ1v) is 17.6. The molecule has 242 valence electrons. The van der Waals surface area contributed by atoms with Crippen LogP contribution >= 0.6 is 11.6 Å². The van der Waals surface area contributed by atoms with Gasteiger partial charge in [0.05, 0.1) is 5.41 Å². The second-order valence-corrected chi connectivity index (χ2v) is 16.8. The SMILES string of the molecule is C=C(C)[C@@H]1CC[C@]2(C)[C@H](C[C@@H](F)C34OC(=O)[C@@]5(CC[C@@H](C)[C@H](C)[C@@H]35)CC[C@]42C)[C@@]1(C)CCC(=O)NCCc1cccc(Cl)c1. The third kappa shape index (κ3) is 4.26. The van der Waals surface area contributed by atoms with E-state index in [-0.39, 0.29) is 46.4 Å². The molecule has 44 heavy (non-hydrogen) atoms. The summed E-state index contributed by atoms with van der Waals surface area (Å²) in [5, 5.41) is 3.82. The second kappa shape index (κ2) is 10.8. The van der Waals surface area contributed by atoms with Gasteiger partial charge in [-0.15, -0.1) is 0 Å². The zero-order chi connectivity index (χ0) is 31.9. The third-order valence-electron chi connectivity index (χ3n) is 14.7. The van der Waals surface area contributed by atoms with Crippen molar-refractivity contribution in [2.24, 2.45) is 51.2 Å². The average Bonchev–Trinajstić information content (AvgIpc) is 3.18. The van der Waals surface area contributed by atoms with Crippen LogP contribution in [-0.4, -0.2) is 30.2 Å². The number of esters is 1. The summed E-state index contributed by atoms with van der Waals surface area (Å²) in [5.41, 5.74) is -0.372. The topological polar surface area (TPSA) is 55.4 Å². The van der Waals surface area contributed by atoms with Crippen LogP contribution in [0.5, 0.6) is 0 Å². The number of carbonyl (C=O) groups is 2. The average molecular weight is 626 g/mol. The number of nitrogens with one attached hydrogen (secondary N) is 1. The molecule has 1 unspecified atom stereocenters. The highest BCUT2D eigenvalue weighted by Crippen LogP contribution is 2.80. The molecule has 4 nitrogen and oxygen atoms in total. The number of fused-ring (bicyclic) bond motifs is 2. The molecule has 1 amide bonds. The monoisotopic (exact) mass is 625 g/mol. The number of alkyl halides is 1. The molecule has 2 bridgehead atoms. The van der Waals surface area contributed by atoms with Crippen LogP contribution in [0.1, 0.15) is 105 Å². The van der Waals surface area contributed by atoms with Gasteiger partial charge >= 0.3 is 5.97 Å². The highest BCUT2D eigenvalue weighted by Gasteiger charge is 2.83. The third-order valence-corrected chi connectivity index (χ3v) is 15.0. The lowest BCUT2D eigenvalue weighted by Crippen LogP contribution is -2.75. The maximum absolute atomic E-state index is 17.5. The van der Waals surface area contributed by atoms with Gasteiger partial charge in [-0.1, -0.05) is 70.5 Å². The van der Waals surface area contributed by atoms with E-state index in [0.717, 1.165) is 56.1 Å². The van der Waals surface area contributed by atoms with Crippen LogP contribution in [0.2, 0.25) is 5.02 Å². The van der Waals surface area contributed by atoms with Crippen LogP contribution in [0.4, 0.5) is 4.39 Å². The Morgan fingerprint density at radius 2 is 1.89 bits per heavy atom. The van der Waals surface area contributed by atoms with Gasteiger partial charge in [-0.2, -0.15) is 0 Å². The molecule has 1 heterocycles. The van der Waals surface area contributed by atoms with E-state index in [9.17, 15) is 9.59 Å². The minimum Gasteiger partial charge on any atom is -0.455 e. The number of hydrogen-bond donors (Lipinski definition) is 1. The number of benzene rings is 1. The van der Waals surface area contributed by atoms with Gasteiger partial charge in [-0.3, -0.25) is 9.59 Å². The molecule has 4 saturated carbocycles. The Hall–Kier alpha value is -1.88. The summed E-state index contributed by atoms with van der Waals surface area (Å²) >= 11 is 6.13. The van der Waals surface area contributed by atoms with Crippen LogP contribution in [0.25, 0.3) is 0 Å². The molecule has 5 aliphatic rings. The summed E-state index contributed by atoms with van der Waals surface area (Å²) in [7, 11) is 0. The largest absolute Gasteiger partial charge is 0.455 e. The van der Waals surface area contributed by atoms with Gasteiger partial charge in [-0.05, 0) is 117 Å². The van der Waals surface area contributed by atoms with E-state index in [0.29, 0.717) is 36.7 Å². The molecule has 1 N–H and O–H groups in total. The summed E-state index contributed by atoms with van der Waals surface area (Å²) in [4.78, 5) is 27.1. The van der Waals surface area contributed by atoms with E-state index < -0.39 is 22.6 Å². The number of rotatable bonds is 7. The van der Waals surface area contributed by atoms with Crippen LogP contribution in [-0.2, 0) is 20.7 Å². The Morgan fingerprint density at radius 3 is 2.59 bits per heavy atom. The Morgan fingerprint density at radius 1 is 1.14 bits per heavy atom. The maximum atomic E-state index is 17.5. The zero-order valence-electron chi connectivity index (χ0n) is 27.7. The molecule has 0 aromatic heterocycles. The van der Waals surface area contributed by atoms with E-state index in [1.54, 1.807) is 0 Å². The molecule has 11 atom stereocenters. The van der Waals surface area contributed by atoms with E-state index in [2.05, 4.69) is 53.4 Å². The smallest absolute Gasteiger partial charge is 0.313 e. The zero-order valence-corrected chi connectivity index (χ0v) is 28.5. The number of hydrogen-bond acceptors (Lipinski definition) is 3. The second-order valence-electron chi connectivity index (χ2n) is 16.4. The fraction of sp³-hybridized carbons (Fsp3) is 0.737. The molecular weight excluding hydrogens is 573 g/mol. The first kappa shape index (κ1) is 32.1. The fourth-order valence-corrected chi connectivity index (χ4v) is 12.3. The van der Waals surface area contributed by atoms with Gasteiger partial charge in [0.15, 0.2) is 5.60 Å². The van der Waals surface area contributed by atoms with Gasteiger partial charge < -0.3 is 10.1 Å². The van der Waals surface area contributed by atoms with Crippen molar-refractivity contribution in [3.63, 3.8) is 0 Å². The molecule has 0 radical (unpaired) electrons. The lowest BCUT2D eigenvalue weighted by Gasteiger charge is -2.73. The fourth-order valence-electron chi connectivity index (χ4n) is 12.1. The van der Waals surface area contributed by atoms with Crippen molar-refractivity contribution in [3.8, 4) is 0 Å². The number of halogens is 2. The Labute approximate surface area is 269 Å². The van der Waals surface area contributed by atoms with E-state index in [4.69, 9.17) is 16.3 Å². The van der Waals surface area contributed by atoms with Gasteiger partial charge in [0.2, 0.25) is 5.91 Å². The molecule has 6 heteroatoms. The molecule has 5 fully saturated rings. The first-order chi connectivity index (χ1) is 20.7. The molecule has 1 aromatic rings. The van der Waals surface area contributed by atoms with Gasteiger partial charge in [0.25, 0.3) is 0 Å². The lowest BCUT2D eigenvalue weighted by molar-refractivity contribution is -0.297. The number of allylic oxidation sites excluding steroid dienone is 1. The normalized spacial score (nSPS) is 45.9. The van der Waals surface area contributed by atoms with E-state index in [1.165, 1.54) is 0 Å². The predicted octanol–water partition coefficient (Wildman–Crippen LogP) is 8.90. The van der Waals surface area contributed by atoms with Gasteiger partial charge in [0, 0.05) is 29.3 Å². The summed E-state index contributed by atoms with van der Waals surface area (Å²) in [5.74, 6) is 0.790. The van der Waals surface area contributed by atoms with Crippen LogP contribution in [0.3, 0.4) is 0 Å². The Kier molecular flexibility index (Phi) is 7.91. The van der Waals surface area contributed by atoms with Crippen molar-refractivity contribution in [1.29, 1.82) is 0 Å². The van der Waals surface area contributed by atoms with E-state index in [1.807, 2.05) is 24.3 Å². The Balaban J connectivity index is 1.28. The molecule has 1 spiro atoms. The van der Waals surface area contributed by atoms with E-state index >= 15 is 4.39 Å². The van der Waals surface area contributed by atoms with Crippen LogP contribution in [0, 0.1) is 51.2 Å². The number of amides is 1. The summed E-state index contributed by atoms with van der Waals surface area (Å²) in [6.45, 7) is 18.6. The summed E-state index contributed by atoms with van der Waals surface area (Å²) in [6, 6.07) is 7.74. The van der Waals surface area contributed by atoms with Crippen LogP contribution in [0.15, 0.2) is 36.4 Å². The molecule has 6 rings (SSSR count). The molecule has 4 aliphatic carbocycles. The highest BCUT2D eigenvalue weighted by atomic mass is 35.5. The number of carbonyl (C=O) groups excluding carboxylic acids is 2. The number of ether oxygens (including phenoxy) is 1. The predicted molar refractivity (Wildman–Crippen MR) is 174 cm³/mol. The standard InChI is InChI=1S/C38H53ClFNO3/c1-23(2)28-12-16-35(6)29(34(28,5)15-13-31(42)41-20-14-26-9-8-10-27(39)21-26)22-30(40)38-32-25(4)24(3)11-17-37(32,33(43)44-38)19-18-36(35,38)7/h8-10,21,24-25,28-30,32H,1,11-20,22H2,2-7H3,(H,41,42)/t24-,25+,28+,29-,30-,32-,34+,35-,36+,37+,38?/m1/s1. The van der Waals surface area contributed by atoms with Crippen molar-refractivity contribution in [2.45, 2.75) is 118 Å².